The van der Waals surface area contributed by atoms with Crippen molar-refractivity contribution >= 4 is 0 Å². The molecule has 0 aromatic heterocycles. The summed E-state index contributed by atoms with van der Waals surface area (Å²) in [5, 5.41) is 12.5. The van der Waals surface area contributed by atoms with Crippen LogP contribution in [0.3, 0.4) is 0 Å². The van der Waals surface area contributed by atoms with E-state index < -0.39 is 0 Å². The minimum Gasteiger partial charge on any atom is -0.392 e. The number of hydrogen-bond acceptors (Lipinski definition) is 2. The van der Waals surface area contributed by atoms with Gasteiger partial charge in [-0.25, -0.2) is 0 Å². The summed E-state index contributed by atoms with van der Waals surface area (Å²) >= 11 is 0. The van der Waals surface area contributed by atoms with Crippen LogP contribution in [0.1, 0.15) is 43.2 Å². The Hall–Kier alpha value is -0.860. The Morgan fingerprint density at radius 3 is 2.35 bits per heavy atom. The third kappa shape index (κ3) is 4.14. The summed E-state index contributed by atoms with van der Waals surface area (Å²) < 4.78 is 0. The summed E-state index contributed by atoms with van der Waals surface area (Å²) in [7, 11) is 0. The topological polar surface area (TPSA) is 32.3 Å². The number of nitrogens with one attached hydrogen (secondary N) is 1. The average molecular weight is 233 g/mol. The maximum Gasteiger partial charge on any atom is 0.0681 e. The Balaban J connectivity index is 1.63. The van der Waals surface area contributed by atoms with E-state index in [2.05, 4.69) is 17.4 Å². The zero-order valence-corrected chi connectivity index (χ0v) is 10.5. The molecule has 1 aromatic carbocycles. The van der Waals surface area contributed by atoms with E-state index in [9.17, 15) is 0 Å². The quantitative estimate of drug-likeness (QED) is 0.741. The molecule has 0 bridgehead atoms. The second kappa shape index (κ2) is 6.77. The van der Waals surface area contributed by atoms with Gasteiger partial charge >= 0.3 is 0 Å². The standard InChI is InChI=1S/C15H23NO/c17-12-15-7-5-14(6-8-15)11-16-10-9-13-3-1-2-4-13/h5-8,13,16-17H,1-4,9-12H2. The fraction of sp³-hybridized carbons (Fsp3) is 0.600. The second-order valence-electron chi connectivity index (χ2n) is 5.09. The van der Waals surface area contributed by atoms with Gasteiger partial charge in [0.1, 0.15) is 0 Å². The molecule has 2 N–H and O–H groups in total. The lowest BCUT2D eigenvalue weighted by Gasteiger charge is -2.10. The van der Waals surface area contributed by atoms with E-state index in [1.54, 1.807) is 0 Å². The minimum absolute atomic E-state index is 0.134. The molecular formula is C15H23NO. The first-order valence-corrected chi connectivity index (χ1v) is 6.78. The van der Waals surface area contributed by atoms with E-state index in [1.165, 1.54) is 37.7 Å². The maximum atomic E-state index is 8.95. The Bertz CT molecular complexity index is 314. The van der Waals surface area contributed by atoms with Gasteiger partial charge in [-0.2, -0.15) is 0 Å². The molecule has 1 aliphatic rings. The summed E-state index contributed by atoms with van der Waals surface area (Å²) in [6.45, 7) is 2.21. The highest BCUT2D eigenvalue weighted by atomic mass is 16.3. The molecule has 0 atom stereocenters. The first kappa shape index (κ1) is 12.6. The summed E-state index contributed by atoms with van der Waals surface area (Å²) in [4.78, 5) is 0. The Morgan fingerprint density at radius 1 is 1.06 bits per heavy atom. The molecule has 1 saturated carbocycles. The number of rotatable bonds is 6. The van der Waals surface area contributed by atoms with Gasteiger partial charge in [-0.1, -0.05) is 49.9 Å². The highest BCUT2D eigenvalue weighted by Gasteiger charge is 2.13. The molecule has 0 radical (unpaired) electrons. The Kier molecular flexibility index (Phi) is 5.02. The first-order valence-electron chi connectivity index (χ1n) is 6.78. The van der Waals surface area contributed by atoms with E-state index in [1.807, 2.05) is 12.1 Å². The molecule has 0 amide bonds. The normalized spacial score (nSPS) is 16.5. The molecule has 17 heavy (non-hydrogen) atoms. The molecule has 2 heteroatoms. The van der Waals surface area contributed by atoms with Crippen molar-refractivity contribution in [1.29, 1.82) is 0 Å². The number of hydrogen-bond donors (Lipinski definition) is 2. The SMILES string of the molecule is OCc1ccc(CNCCC2CCCC2)cc1. The number of aliphatic hydroxyl groups is 1. The van der Waals surface area contributed by atoms with Gasteiger partial charge in [0.15, 0.2) is 0 Å². The lowest BCUT2D eigenvalue weighted by molar-refractivity contribution is 0.282. The van der Waals surface area contributed by atoms with Crippen molar-refractivity contribution in [2.75, 3.05) is 6.54 Å². The molecule has 1 aromatic rings. The van der Waals surface area contributed by atoms with Gasteiger partial charge < -0.3 is 10.4 Å². The maximum absolute atomic E-state index is 8.95. The summed E-state index contributed by atoms with van der Waals surface area (Å²) in [5.41, 5.74) is 2.29. The van der Waals surface area contributed by atoms with Gasteiger partial charge in [0.05, 0.1) is 6.61 Å². The van der Waals surface area contributed by atoms with E-state index >= 15 is 0 Å². The molecule has 94 valence electrons. The molecule has 0 unspecified atom stereocenters. The van der Waals surface area contributed by atoms with Crippen LogP contribution in [0.15, 0.2) is 24.3 Å². The van der Waals surface area contributed by atoms with Gasteiger partial charge in [-0.3, -0.25) is 0 Å². The van der Waals surface area contributed by atoms with Crippen LogP contribution < -0.4 is 5.32 Å². The Labute approximate surface area is 104 Å². The smallest absolute Gasteiger partial charge is 0.0681 e. The van der Waals surface area contributed by atoms with Crippen LogP contribution in [0, 0.1) is 5.92 Å². The van der Waals surface area contributed by atoms with Crippen LogP contribution in [-0.4, -0.2) is 11.7 Å². The summed E-state index contributed by atoms with van der Waals surface area (Å²) in [6, 6.07) is 8.17. The largest absolute Gasteiger partial charge is 0.392 e. The molecular weight excluding hydrogens is 210 g/mol. The molecule has 0 heterocycles. The van der Waals surface area contributed by atoms with Crippen molar-refractivity contribution in [1.82, 2.24) is 5.32 Å². The highest BCUT2D eigenvalue weighted by molar-refractivity contribution is 5.21. The van der Waals surface area contributed by atoms with Gasteiger partial charge in [-0.15, -0.1) is 0 Å². The van der Waals surface area contributed by atoms with Crippen LogP contribution in [0.2, 0.25) is 0 Å². The third-order valence-corrected chi connectivity index (χ3v) is 3.74. The fourth-order valence-electron chi connectivity index (χ4n) is 2.60. The van der Waals surface area contributed by atoms with Crippen molar-refractivity contribution < 1.29 is 5.11 Å². The van der Waals surface area contributed by atoms with Gasteiger partial charge in [0.2, 0.25) is 0 Å². The third-order valence-electron chi connectivity index (χ3n) is 3.74. The fourth-order valence-corrected chi connectivity index (χ4v) is 2.60. The monoisotopic (exact) mass is 233 g/mol. The zero-order valence-electron chi connectivity index (χ0n) is 10.5. The van der Waals surface area contributed by atoms with Gasteiger partial charge in [-0.05, 0) is 30.0 Å². The van der Waals surface area contributed by atoms with Crippen LogP contribution >= 0.6 is 0 Å². The van der Waals surface area contributed by atoms with Crippen molar-refractivity contribution in [3.8, 4) is 0 Å². The molecule has 0 saturated heterocycles. The molecule has 2 rings (SSSR count). The number of benzene rings is 1. The lowest BCUT2D eigenvalue weighted by Crippen LogP contribution is -2.17. The second-order valence-corrected chi connectivity index (χ2v) is 5.09. The van der Waals surface area contributed by atoms with E-state index in [-0.39, 0.29) is 6.61 Å². The Morgan fingerprint density at radius 2 is 1.71 bits per heavy atom. The highest BCUT2D eigenvalue weighted by Crippen LogP contribution is 2.26. The summed E-state index contributed by atoms with van der Waals surface area (Å²) in [5.74, 6) is 0.972. The van der Waals surface area contributed by atoms with E-state index in [0.29, 0.717) is 0 Å². The van der Waals surface area contributed by atoms with Crippen molar-refractivity contribution in [2.45, 2.75) is 45.3 Å². The predicted molar refractivity (Wildman–Crippen MR) is 70.6 cm³/mol. The van der Waals surface area contributed by atoms with Crippen LogP contribution in [-0.2, 0) is 13.2 Å². The molecule has 2 nitrogen and oxygen atoms in total. The number of aliphatic hydroxyl groups excluding tert-OH is 1. The molecule has 1 aliphatic carbocycles. The lowest BCUT2D eigenvalue weighted by atomic mass is 10.0. The van der Waals surface area contributed by atoms with Gasteiger partial charge in [0.25, 0.3) is 0 Å². The minimum atomic E-state index is 0.134. The molecule has 1 fully saturated rings. The van der Waals surface area contributed by atoms with Gasteiger partial charge in [0, 0.05) is 6.54 Å². The average Bonchev–Trinajstić information content (AvgIpc) is 2.88. The van der Waals surface area contributed by atoms with Crippen molar-refractivity contribution in [3.63, 3.8) is 0 Å². The van der Waals surface area contributed by atoms with E-state index in [0.717, 1.165) is 24.6 Å². The molecule has 0 spiro atoms. The van der Waals surface area contributed by atoms with E-state index in [4.69, 9.17) is 5.11 Å². The van der Waals surface area contributed by atoms with Crippen molar-refractivity contribution in [3.05, 3.63) is 35.4 Å². The van der Waals surface area contributed by atoms with Crippen LogP contribution in [0.4, 0.5) is 0 Å². The summed E-state index contributed by atoms with van der Waals surface area (Å²) in [6.07, 6.45) is 7.08. The van der Waals surface area contributed by atoms with Crippen LogP contribution in [0.25, 0.3) is 0 Å². The van der Waals surface area contributed by atoms with Crippen molar-refractivity contribution in [2.24, 2.45) is 5.92 Å². The zero-order chi connectivity index (χ0) is 11.9. The van der Waals surface area contributed by atoms with Crippen LogP contribution in [0.5, 0.6) is 0 Å². The predicted octanol–water partition coefficient (Wildman–Crippen LogP) is 2.85. The first-order chi connectivity index (χ1) is 8.38. The molecule has 0 aliphatic heterocycles.